The third-order valence-corrected chi connectivity index (χ3v) is 4.68. The Morgan fingerprint density at radius 1 is 1.23 bits per heavy atom. The molecule has 22 heavy (non-hydrogen) atoms. The number of aryl methyl sites for hydroxylation is 1. The Bertz CT molecular complexity index is 628. The molecule has 2 aromatic rings. The monoisotopic (exact) mass is 316 g/mol. The zero-order valence-electron chi connectivity index (χ0n) is 12.7. The number of pyridine rings is 1. The van der Waals surface area contributed by atoms with E-state index in [1.807, 2.05) is 11.8 Å². The van der Waals surface area contributed by atoms with Crippen molar-refractivity contribution in [2.45, 2.75) is 19.9 Å². The number of hydrogen-bond acceptors (Lipinski definition) is 5. The van der Waals surface area contributed by atoms with Crippen LogP contribution < -0.4 is 0 Å². The van der Waals surface area contributed by atoms with Crippen LogP contribution in [0, 0.1) is 6.92 Å². The summed E-state index contributed by atoms with van der Waals surface area (Å²) in [5.41, 5.74) is 1.86. The largest absolute Gasteiger partial charge is 0.337 e. The number of nitrogens with zero attached hydrogens (tertiary/aromatic N) is 4. The van der Waals surface area contributed by atoms with E-state index in [1.54, 1.807) is 35.9 Å². The molecule has 6 heteroatoms. The fourth-order valence-corrected chi connectivity index (χ4v) is 3.32. The first-order valence-electron chi connectivity index (χ1n) is 7.55. The van der Waals surface area contributed by atoms with E-state index in [0.29, 0.717) is 0 Å². The molecule has 2 aromatic heterocycles. The maximum atomic E-state index is 12.5. The van der Waals surface area contributed by atoms with E-state index in [-0.39, 0.29) is 5.91 Å². The van der Waals surface area contributed by atoms with Crippen molar-refractivity contribution in [2.75, 3.05) is 26.2 Å². The molecule has 1 fully saturated rings. The number of rotatable bonds is 3. The van der Waals surface area contributed by atoms with Gasteiger partial charge < -0.3 is 4.90 Å². The summed E-state index contributed by atoms with van der Waals surface area (Å²) in [4.78, 5) is 25.3. The maximum absolute atomic E-state index is 12.5. The molecule has 1 aliphatic heterocycles. The summed E-state index contributed by atoms with van der Waals surface area (Å²) in [7, 11) is 0. The van der Waals surface area contributed by atoms with Crippen molar-refractivity contribution < 1.29 is 4.79 Å². The Balaban J connectivity index is 1.59. The van der Waals surface area contributed by atoms with Gasteiger partial charge in [-0.25, -0.2) is 4.98 Å². The van der Waals surface area contributed by atoms with Crippen molar-refractivity contribution in [1.82, 2.24) is 19.8 Å². The van der Waals surface area contributed by atoms with Crippen LogP contribution in [0.4, 0.5) is 0 Å². The Morgan fingerprint density at radius 2 is 2.05 bits per heavy atom. The number of hydrogen-bond donors (Lipinski definition) is 0. The lowest BCUT2D eigenvalue weighted by molar-refractivity contribution is 0.0761. The van der Waals surface area contributed by atoms with Gasteiger partial charge in [-0.05, 0) is 25.5 Å². The lowest BCUT2D eigenvalue weighted by Gasteiger charge is -2.21. The molecule has 1 amide bonds. The summed E-state index contributed by atoms with van der Waals surface area (Å²) in [6, 6.07) is 3.56. The molecule has 116 valence electrons. The Hall–Kier alpha value is -1.79. The van der Waals surface area contributed by atoms with Crippen LogP contribution in [-0.4, -0.2) is 51.9 Å². The highest BCUT2D eigenvalue weighted by Crippen LogP contribution is 2.13. The van der Waals surface area contributed by atoms with Gasteiger partial charge in [0.15, 0.2) is 0 Å². The van der Waals surface area contributed by atoms with Crippen LogP contribution >= 0.6 is 11.3 Å². The smallest absolute Gasteiger partial charge is 0.254 e. The highest BCUT2D eigenvalue weighted by Gasteiger charge is 2.20. The zero-order valence-corrected chi connectivity index (χ0v) is 13.6. The van der Waals surface area contributed by atoms with Crippen LogP contribution in [0.25, 0.3) is 0 Å². The van der Waals surface area contributed by atoms with E-state index in [1.165, 1.54) is 0 Å². The Labute approximate surface area is 134 Å². The number of aromatic nitrogens is 2. The molecule has 0 spiro atoms. The van der Waals surface area contributed by atoms with Crippen molar-refractivity contribution in [3.05, 3.63) is 46.2 Å². The summed E-state index contributed by atoms with van der Waals surface area (Å²) in [5, 5.41) is 3.24. The molecule has 0 aliphatic carbocycles. The second-order valence-corrected chi connectivity index (χ2v) is 6.58. The summed E-state index contributed by atoms with van der Waals surface area (Å²) in [6.07, 6.45) is 4.34. The molecule has 0 saturated carbocycles. The van der Waals surface area contributed by atoms with Gasteiger partial charge in [0.2, 0.25) is 0 Å². The number of thiazole rings is 1. The molecule has 1 aliphatic rings. The second kappa shape index (κ2) is 6.98. The van der Waals surface area contributed by atoms with Gasteiger partial charge in [-0.2, -0.15) is 0 Å². The molecular formula is C16H20N4OS. The van der Waals surface area contributed by atoms with Crippen LogP contribution in [0.5, 0.6) is 0 Å². The van der Waals surface area contributed by atoms with Crippen LogP contribution in [0.1, 0.15) is 27.5 Å². The molecule has 0 radical (unpaired) electrons. The minimum Gasteiger partial charge on any atom is -0.337 e. The van der Waals surface area contributed by atoms with Crippen molar-refractivity contribution >= 4 is 17.2 Å². The molecule has 3 rings (SSSR count). The predicted octanol–water partition coefficient (Wildman–Crippen LogP) is 2.19. The lowest BCUT2D eigenvalue weighted by Crippen LogP contribution is -2.35. The summed E-state index contributed by atoms with van der Waals surface area (Å²) >= 11 is 1.69. The average Bonchev–Trinajstić information content (AvgIpc) is 2.81. The molecule has 0 bridgehead atoms. The van der Waals surface area contributed by atoms with Gasteiger partial charge in [-0.3, -0.25) is 14.7 Å². The SMILES string of the molecule is Cc1nc(CN2CCCN(C(=O)c3ccncc3)CC2)cs1. The quantitative estimate of drug-likeness (QED) is 0.871. The van der Waals surface area contributed by atoms with Gasteiger partial charge in [0.25, 0.3) is 5.91 Å². The van der Waals surface area contributed by atoms with Crippen LogP contribution in [0.3, 0.4) is 0 Å². The Morgan fingerprint density at radius 3 is 2.77 bits per heavy atom. The highest BCUT2D eigenvalue weighted by atomic mass is 32.1. The molecule has 1 saturated heterocycles. The predicted molar refractivity (Wildman–Crippen MR) is 86.9 cm³/mol. The Kier molecular flexibility index (Phi) is 4.80. The normalized spacial score (nSPS) is 16.5. The molecule has 3 heterocycles. The summed E-state index contributed by atoms with van der Waals surface area (Å²) < 4.78 is 0. The molecular weight excluding hydrogens is 296 g/mol. The van der Waals surface area contributed by atoms with Crippen molar-refractivity contribution in [2.24, 2.45) is 0 Å². The van der Waals surface area contributed by atoms with Gasteiger partial charge in [0.1, 0.15) is 0 Å². The molecule has 0 N–H and O–H groups in total. The van der Waals surface area contributed by atoms with E-state index in [0.717, 1.165) is 55.4 Å². The molecule has 5 nitrogen and oxygen atoms in total. The fourth-order valence-electron chi connectivity index (χ4n) is 2.72. The third-order valence-electron chi connectivity index (χ3n) is 3.86. The van der Waals surface area contributed by atoms with Crippen molar-refractivity contribution in [3.63, 3.8) is 0 Å². The molecule has 0 atom stereocenters. The van der Waals surface area contributed by atoms with E-state index >= 15 is 0 Å². The maximum Gasteiger partial charge on any atom is 0.254 e. The average molecular weight is 316 g/mol. The van der Waals surface area contributed by atoms with Crippen molar-refractivity contribution in [3.8, 4) is 0 Å². The van der Waals surface area contributed by atoms with Gasteiger partial charge in [-0.1, -0.05) is 0 Å². The number of amides is 1. The minimum atomic E-state index is 0.105. The fraction of sp³-hybridized carbons (Fsp3) is 0.438. The zero-order chi connectivity index (χ0) is 15.4. The second-order valence-electron chi connectivity index (χ2n) is 5.52. The topological polar surface area (TPSA) is 49.3 Å². The van der Waals surface area contributed by atoms with E-state index < -0.39 is 0 Å². The van der Waals surface area contributed by atoms with Gasteiger partial charge >= 0.3 is 0 Å². The third kappa shape index (κ3) is 3.69. The van der Waals surface area contributed by atoms with Crippen molar-refractivity contribution in [1.29, 1.82) is 0 Å². The van der Waals surface area contributed by atoms with E-state index in [4.69, 9.17) is 0 Å². The van der Waals surface area contributed by atoms with Crippen LogP contribution in [0.15, 0.2) is 29.9 Å². The summed E-state index contributed by atoms with van der Waals surface area (Å²) in [6.45, 7) is 6.40. The van der Waals surface area contributed by atoms with Gasteiger partial charge in [0.05, 0.1) is 10.7 Å². The highest BCUT2D eigenvalue weighted by molar-refractivity contribution is 7.09. The minimum absolute atomic E-state index is 0.105. The first-order valence-corrected chi connectivity index (χ1v) is 8.43. The number of carbonyl (C=O) groups excluding carboxylic acids is 1. The van der Waals surface area contributed by atoms with E-state index in [9.17, 15) is 4.79 Å². The van der Waals surface area contributed by atoms with Gasteiger partial charge in [0, 0.05) is 56.1 Å². The van der Waals surface area contributed by atoms with Gasteiger partial charge in [-0.15, -0.1) is 11.3 Å². The molecule has 0 unspecified atom stereocenters. The number of carbonyl (C=O) groups is 1. The van der Waals surface area contributed by atoms with Crippen LogP contribution in [0.2, 0.25) is 0 Å². The standard InChI is InChI=1S/C16H20N4OS/c1-13-18-15(12-22-13)11-19-7-2-8-20(10-9-19)16(21)14-3-5-17-6-4-14/h3-6,12H,2,7-11H2,1H3. The van der Waals surface area contributed by atoms with Crippen LogP contribution in [-0.2, 0) is 6.54 Å². The summed E-state index contributed by atoms with van der Waals surface area (Å²) in [5.74, 6) is 0.105. The molecule has 0 aromatic carbocycles. The first-order chi connectivity index (χ1) is 10.7. The van der Waals surface area contributed by atoms with E-state index in [2.05, 4.69) is 20.2 Å². The lowest BCUT2D eigenvalue weighted by atomic mass is 10.2. The first kappa shape index (κ1) is 15.1.